The van der Waals surface area contributed by atoms with Gasteiger partial charge in [0, 0.05) is 18.9 Å². The third-order valence-corrected chi connectivity index (χ3v) is 2.57. The largest absolute Gasteiger partial charge is 0.478 e. The van der Waals surface area contributed by atoms with Crippen LogP contribution in [-0.4, -0.2) is 18.1 Å². The number of anilines is 1. The third kappa shape index (κ3) is 5.00. The van der Waals surface area contributed by atoms with Crippen LogP contribution in [-0.2, 0) is 4.79 Å². The summed E-state index contributed by atoms with van der Waals surface area (Å²) >= 11 is 0. The van der Waals surface area contributed by atoms with Gasteiger partial charge in [0.2, 0.25) is 0 Å². The van der Waals surface area contributed by atoms with E-state index in [0.717, 1.165) is 16.8 Å². The highest BCUT2D eigenvalue weighted by Crippen LogP contribution is 2.23. The number of aliphatic carboxylic acids is 1. The van der Waals surface area contributed by atoms with Crippen molar-refractivity contribution in [1.82, 2.24) is 0 Å². The van der Waals surface area contributed by atoms with Crippen LogP contribution >= 0.6 is 0 Å². The predicted octanol–water partition coefficient (Wildman–Crippen LogP) is 3.92. The molecular formula is C16H23NO2. The van der Waals surface area contributed by atoms with E-state index < -0.39 is 5.97 Å². The highest BCUT2D eigenvalue weighted by atomic mass is 16.4. The highest BCUT2D eigenvalue weighted by molar-refractivity contribution is 5.89. The maximum Gasteiger partial charge on any atom is 0.335 e. The second kappa shape index (κ2) is 8.14. The number of carboxylic acid groups (broad SMARTS) is 1. The molecule has 0 fully saturated rings. The summed E-state index contributed by atoms with van der Waals surface area (Å²) in [6.07, 6.45) is 3.21. The van der Waals surface area contributed by atoms with Crippen molar-refractivity contribution in [3.63, 3.8) is 0 Å². The molecule has 1 aromatic carbocycles. The fraction of sp³-hybridized carbons (Fsp3) is 0.312. The van der Waals surface area contributed by atoms with Crippen LogP contribution in [0.25, 0.3) is 0 Å². The molecule has 0 aliphatic heterocycles. The van der Waals surface area contributed by atoms with Crippen LogP contribution in [0.1, 0.15) is 25.0 Å². The summed E-state index contributed by atoms with van der Waals surface area (Å²) < 4.78 is 0. The molecule has 3 heteroatoms. The van der Waals surface area contributed by atoms with Crippen LogP contribution in [0.2, 0.25) is 0 Å². The number of carboxylic acids is 1. The molecule has 0 saturated heterocycles. The molecular weight excluding hydrogens is 238 g/mol. The summed E-state index contributed by atoms with van der Waals surface area (Å²) in [5, 5.41) is 8.71. The maximum atomic E-state index is 10.6. The Labute approximate surface area is 115 Å². The smallest absolute Gasteiger partial charge is 0.335 e. The Bertz CT molecular complexity index is 455. The van der Waals surface area contributed by atoms with Crippen molar-refractivity contribution < 1.29 is 9.90 Å². The van der Waals surface area contributed by atoms with Crippen molar-refractivity contribution in [2.24, 2.45) is 0 Å². The lowest BCUT2D eigenvalue weighted by Gasteiger charge is -2.19. The lowest BCUT2D eigenvalue weighted by molar-refractivity contribution is -0.132. The first-order valence-corrected chi connectivity index (χ1v) is 6.33. The fourth-order valence-corrected chi connectivity index (χ4v) is 1.71. The van der Waals surface area contributed by atoms with Crippen LogP contribution in [0, 0.1) is 13.8 Å². The van der Waals surface area contributed by atoms with Crippen molar-refractivity contribution in [3.05, 3.63) is 53.8 Å². The molecule has 0 saturated carbocycles. The number of rotatable bonds is 4. The summed E-state index contributed by atoms with van der Waals surface area (Å²) in [6.45, 7) is 11.5. The Morgan fingerprint density at radius 2 is 1.74 bits per heavy atom. The summed E-state index contributed by atoms with van der Waals surface area (Å²) in [5.41, 5.74) is 3.46. The van der Waals surface area contributed by atoms with Gasteiger partial charge in [-0.2, -0.15) is 0 Å². The molecule has 104 valence electrons. The lowest BCUT2D eigenvalue weighted by Crippen LogP contribution is -2.11. The van der Waals surface area contributed by atoms with Crippen LogP contribution in [0.4, 0.5) is 5.69 Å². The van der Waals surface area contributed by atoms with Crippen molar-refractivity contribution >= 4 is 11.7 Å². The molecule has 0 bridgehead atoms. The monoisotopic (exact) mass is 261 g/mol. The zero-order chi connectivity index (χ0) is 15.0. The zero-order valence-electron chi connectivity index (χ0n) is 12.4. The Balaban J connectivity index is 0.00000154. The quantitative estimate of drug-likeness (QED) is 0.659. The van der Waals surface area contributed by atoms with Crippen molar-refractivity contribution in [2.75, 3.05) is 11.9 Å². The van der Waals surface area contributed by atoms with E-state index in [9.17, 15) is 4.79 Å². The van der Waals surface area contributed by atoms with Crippen LogP contribution < -0.4 is 4.90 Å². The highest BCUT2D eigenvalue weighted by Gasteiger charge is 2.05. The molecule has 0 aromatic heterocycles. The van der Waals surface area contributed by atoms with Gasteiger partial charge in [-0.1, -0.05) is 38.6 Å². The van der Waals surface area contributed by atoms with Crippen LogP contribution in [0.3, 0.4) is 0 Å². The van der Waals surface area contributed by atoms with E-state index in [-0.39, 0.29) is 5.57 Å². The number of nitrogens with zero attached hydrogens (tertiary/aromatic N) is 1. The van der Waals surface area contributed by atoms with Gasteiger partial charge in [-0.3, -0.25) is 0 Å². The van der Waals surface area contributed by atoms with Gasteiger partial charge in [0.05, 0.1) is 5.57 Å². The minimum Gasteiger partial charge on any atom is -0.478 e. The Kier molecular flexibility index (Phi) is 7.27. The third-order valence-electron chi connectivity index (χ3n) is 2.57. The molecule has 1 aromatic rings. The summed E-state index contributed by atoms with van der Waals surface area (Å²) in [6, 6.07) is 6.05. The van der Waals surface area contributed by atoms with Gasteiger partial charge in [0.1, 0.15) is 0 Å². The van der Waals surface area contributed by atoms with E-state index >= 15 is 0 Å². The van der Waals surface area contributed by atoms with E-state index in [2.05, 4.69) is 6.58 Å². The van der Waals surface area contributed by atoms with Gasteiger partial charge in [-0.25, -0.2) is 4.79 Å². The second-order valence-electron chi connectivity index (χ2n) is 4.00. The first kappa shape index (κ1) is 17.0. The van der Waals surface area contributed by atoms with E-state index in [4.69, 9.17) is 5.11 Å². The van der Waals surface area contributed by atoms with Gasteiger partial charge >= 0.3 is 5.97 Å². The van der Waals surface area contributed by atoms with Gasteiger partial charge < -0.3 is 10.0 Å². The van der Waals surface area contributed by atoms with E-state index in [0.29, 0.717) is 0 Å². The maximum absolute atomic E-state index is 10.6. The van der Waals surface area contributed by atoms with Gasteiger partial charge in [-0.05, 0) is 31.1 Å². The number of hydrogen-bond acceptors (Lipinski definition) is 2. The van der Waals surface area contributed by atoms with Gasteiger partial charge in [0.15, 0.2) is 0 Å². The van der Waals surface area contributed by atoms with Crippen LogP contribution in [0.15, 0.2) is 42.6 Å². The molecule has 0 amide bonds. The number of hydrogen-bond donors (Lipinski definition) is 1. The summed E-state index contributed by atoms with van der Waals surface area (Å²) in [4.78, 5) is 12.5. The number of benzene rings is 1. The second-order valence-corrected chi connectivity index (χ2v) is 4.00. The lowest BCUT2D eigenvalue weighted by atomic mass is 10.1. The average molecular weight is 261 g/mol. The summed E-state index contributed by atoms with van der Waals surface area (Å²) in [5.74, 6) is -1.00. The zero-order valence-corrected chi connectivity index (χ0v) is 12.4. The van der Waals surface area contributed by atoms with E-state index in [1.165, 1.54) is 6.08 Å². The van der Waals surface area contributed by atoms with E-state index in [1.54, 1.807) is 6.20 Å². The number of carbonyl (C=O) groups is 1. The van der Waals surface area contributed by atoms with Crippen molar-refractivity contribution in [2.45, 2.75) is 27.7 Å². The van der Waals surface area contributed by atoms with E-state index in [1.807, 2.05) is 57.8 Å². The molecule has 0 aliphatic carbocycles. The molecule has 1 rings (SSSR count). The Morgan fingerprint density at radius 3 is 2.16 bits per heavy atom. The minimum atomic E-state index is -1.00. The van der Waals surface area contributed by atoms with Gasteiger partial charge in [-0.15, -0.1) is 0 Å². The molecule has 0 radical (unpaired) electrons. The normalized spacial score (nSPS) is 9.74. The standard InChI is InChI=1S/C14H17NO2.C2H6/c1-10-6-5-7-11(2)13(10)15(4)9-8-12(3)14(16)17;1-2/h5-9H,3H2,1-2,4H3,(H,16,17);1-2H3/b9-8-;. The minimum absolute atomic E-state index is 0.0723. The molecule has 0 aliphatic rings. The topological polar surface area (TPSA) is 40.5 Å². The fourth-order valence-electron chi connectivity index (χ4n) is 1.71. The molecule has 3 nitrogen and oxygen atoms in total. The average Bonchev–Trinajstić information content (AvgIpc) is 2.38. The summed E-state index contributed by atoms with van der Waals surface area (Å²) in [7, 11) is 1.89. The molecule has 0 atom stereocenters. The molecule has 19 heavy (non-hydrogen) atoms. The molecule has 0 unspecified atom stereocenters. The number of aryl methyl sites for hydroxylation is 2. The SMILES string of the molecule is C=C(/C=C\N(C)c1c(C)cccc1C)C(=O)O.CC. The first-order chi connectivity index (χ1) is 8.93. The van der Waals surface area contributed by atoms with Crippen molar-refractivity contribution in [3.8, 4) is 0 Å². The molecule has 0 heterocycles. The predicted molar refractivity (Wildman–Crippen MR) is 81.6 cm³/mol. The Morgan fingerprint density at radius 1 is 1.26 bits per heavy atom. The molecule has 0 spiro atoms. The Hall–Kier alpha value is -2.03. The molecule has 1 N–H and O–H groups in total. The van der Waals surface area contributed by atoms with Gasteiger partial charge in [0.25, 0.3) is 0 Å². The first-order valence-electron chi connectivity index (χ1n) is 6.33. The van der Waals surface area contributed by atoms with Crippen molar-refractivity contribution in [1.29, 1.82) is 0 Å². The van der Waals surface area contributed by atoms with Crippen LogP contribution in [0.5, 0.6) is 0 Å². The number of para-hydroxylation sites is 1.